The molecule has 0 unspecified atom stereocenters. The summed E-state index contributed by atoms with van der Waals surface area (Å²) in [6.45, 7) is 0.228. The average Bonchev–Trinajstić information content (AvgIpc) is 2.96. The summed E-state index contributed by atoms with van der Waals surface area (Å²) in [6.07, 6.45) is 0.116. The minimum absolute atomic E-state index is 0.102. The molecule has 0 bridgehead atoms. The summed E-state index contributed by atoms with van der Waals surface area (Å²) >= 11 is 0. The zero-order valence-corrected chi connectivity index (χ0v) is 13.5. The summed E-state index contributed by atoms with van der Waals surface area (Å²) in [6, 6.07) is 16.8. The Hall–Kier alpha value is -2.82. The van der Waals surface area contributed by atoms with Crippen LogP contribution in [0, 0.1) is 0 Å². The predicted molar refractivity (Wildman–Crippen MR) is 88.8 cm³/mol. The molecule has 24 heavy (non-hydrogen) atoms. The van der Waals surface area contributed by atoms with Crippen LogP contribution in [0.3, 0.4) is 0 Å². The number of methoxy groups -OCH3 is 1. The highest BCUT2D eigenvalue weighted by Crippen LogP contribution is 2.22. The molecule has 2 amide bonds. The fourth-order valence-electron chi connectivity index (χ4n) is 2.90. The molecule has 124 valence electrons. The van der Waals surface area contributed by atoms with Gasteiger partial charge in [0, 0.05) is 5.56 Å². The monoisotopic (exact) mass is 325 g/mol. The summed E-state index contributed by atoms with van der Waals surface area (Å²) in [7, 11) is 1.56. The summed E-state index contributed by atoms with van der Waals surface area (Å²) < 4.78 is 10.4. The third kappa shape index (κ3) is 3.40. The molecule has 3 rings (SSSR count). The zero-order chi connectivity index (χ0) is 16.9. The van der Waals surface area contributed by atoms with E-state index in [4.69, 9.17) is 9.47 Å². The molecule has 0 N–H and O–H groups in total. The molecular formula is C19H19NO4. The molecule has 1 aliphatic rings. The molecule has 0 aliphatic carbocycles. The van der Waals surface area contributed by atoms with Gasteiger partial charge in [0.25, 0.3) is 0 Å². The van der Waals surface area contributed by atoms with Crippen LogP contribution in [-0.4, -0.2) is 36.7 Å². The van der Waals surface area contributed by atoms with Crippen molar-refractivity contribution in [3.63, 3.8) is 0 Å². The largest absolute Gasteiger partial charge is 0.496 e. The van der Waals surface area contributed by atoms with E-state index in [0.717, 1.165) is 11.1 Å². The fourth-order valence-corrected chi connectivity index (χ4v) is 2.90. The number of ether oxygens (including phenoxy) is 2. The van der Waals surface area contributed by atoms with Crippen molar-refractivity contribution in [1.29, 1.82) is 0 Å². The van der Waals surface area contributed by atoms with Gasteiger partial charge in [-0.1, -0.05) is 48.5 Å². The molecule has 1 fully saturated rings. The van der Waals surface area contributed by atoms with Crippen molar-refractivity contribution in [3.05, 3.63) is 65.7 Å². The summed E-state index contributed by atoms with van der Waals surface area (Å²) in [4.78, 5) is 25.9. The first kappa shape index (κ1) is 16.1. The van der Waals surface area contributed by atoms with Gasteiger partial charge in [0.1, 0.15) is 12.4 Å². The molecule has 1 atom stereocenters. The third-order valence-electron chi connectivity index (χ3n) is 4.08. The second-order valence-electron chi connectivity index (χ2n) is 5.67. The molecular weight excluding hydrogens is 306 g/mol. The van der Waals surface area contributed by atoms with Crippen molar-refractivity contribution in [2.45, 2.75) is 18.9 Å². The molecule has 0 spiro atoms. The molecule has 5 nitrogen and oxygen atoms in total. The molecule has 5 heteroatoms. The van der Waals surface area contributed by atoms with Crippen molar-refractivity contribution in [1.82, 2.24) is 4.90 Å². The highest BCUT2D eigenvalue weighted by atomic mass is 16.6. The number of nitrogens with zero attached hydrogens (tertiary/aromatic N) is 1. The van der Waals surface area contributed by atoms with Crippen LogP contribution in [0.25, 0.3) is 0 Å². The number of hydrogen-bond donors (Lipinski definition) is 0. The van der Waals surface area contributed by atoms with Gasteiger partial charge in [-0.25, -0.2) is 9.69 Å². The van der Waals surface area contributed by atoms with Crippen molar-refractivity contribution in [2.75, 3.05) is 13.7 Å². The lowest BCUT2D eigenvalue weighted by atomic mass is 10.0. The minimum atomic E-state index is -0.573. The third-order valence-corrected chi connectivity index (χ3v) is 4.08. The van der Waals surface area contributed by atoms with Gasteiger partial charge in [-0.15, -0.1) is 0 Å². The number of carbonyl (C=O) groups is 2. The van der Waals surface area contributed by atoms with Crippen molar-refractivity contribution in [2.24, 2.45) is 0 Å². The average molecular weight is 325 g/mol. The van der Waals surface area contributed by atoms with Crippen LogP contribution < -0.4 is 4.74 Å². The second kappa shape index (κ2) is 7.17. The van der Waals surface area contributed by atoms with E-state index in [9.17, 15) is 9.59 Å². The Labute approximate surface area is 140 Å². The van der Waals surface area contributed by atoms with Crippen LogP contribution in [0.4, 0.5) is 4.79 Å². The van der Waals surface area contributed by atoms with Crippen molar-refractivity contribution >= 4 is 12.0 Å². The second-order valence-corrected chi connectivity index (χ2v) is 5.67. The smallest absolute Gasteiger partial charge is 0.416 e. The summed E-state index contributed by atoms with van der Waals surface area (Å²) in [5.74, 6) is 0.362. The van der Waals surface area contributed by atoms with E-state index in [0.29, 0.717) is 12.2 Å². The maximum Gasteiger partial charge on any atom is 0.416 e. The Bertz CT molecular complexity index is 729. The zero-order valence-electron chi connectivity index (χ0n) is 13.5. The van der Waals surface area contributed by atoms with Gasteiger partial charge in [-0.05, 0) is 18.1 Å². The van der Waals surface area contributed by atoms with Gasteiger partial charge in [0.2, 0.25) is 5.91 Å². The normalized spacial score (nSPS) is 16.8. The van der Waals surface area contributed by atoms with Gasteiger partial charge in [-0.2, -0.15) is 0 Å². The minimum Gasteiger partial charge on any atom is -0.496 e. The standard InChI is InChI=1S/C19H19NO4/c1-23-17-10-6-5-9-15(17)12-18(21)20-16(13-24-19(20)22)11-14-7-3-2-4-8-14/h2-10,16H,11-13H2,1H3/t16-/m0/s1. The lowest BCUT2D eigenvalue weighted by Gasteiger charge is -2.20. The Morgan fingerprint density at radius 1 is 1.17 bits per heavy atom. The Morgan fingerprint density at radius 2 is 1.88 bits per heavy atom. The molecule has 0 radical (unpaired) electrons. The molecule has 1 aliphatic heterocycles. The lowest BCUT2D eigenvalue weighted by Crippen LogP contribution is -2.41. The predicted octanol–water partition coefficient (Wildman–Crippen LogP) is 2.83. The maximum atomic E-state index is 12.7. The van der Waals surface area contributed by atoms with Gasteiger partial charge < -0.3 is 9.47 Å². The van der Waals surface area contributed by atoms with Crippen LogP contribution in [0.1, 0.15) is 11.1 Å². The molecule has 2 aromatic rings. The first-order valence-corrected chi connectivity index (χ1v) is 7.83. The topological polar surface area (TPSA) is 55.8 Å². The van der Waals surface area contributed by atoms with Crippen LogP contribution in [0.15, 0.2) is 54.6 Å². The molecule has 2 aromatic carbocycles. The van der Waals surface area contributed by atoms with Gasteiger partial charge in [-0.3, -0.25) is 4.79 Å². The van der Waals surface area contributed by atoms with Crippen LogP contribution >= 0.6 is 0 Å². The Morgan fingerprint density at radius 3 is 2.62 bits per heavy atom. The first-order valence-electron chi connectivity index (χ1n) is 7.83. The Balaban J connectivity index is 1.75. The van der Waals surface area contributed by atoms with E-state index in [1.54, 1.807) is 13.2 Å². The molecule has 0 saturated carbocycles. The highest BCUT2D eigenvalue weighted by Gasteiger charge is 2.37. The van der Waals surface area contributed by atoms with Crippen LogP contribution in [0.2, 0.25) is 0 Å². The summed E-state index contributed by atoms with van der Waals surface area (Å²) in [5.41, 5.74) is 1.82. The quantitative estimate of drug-likeness (QED) is 0.848. The lowest BCUT2D eigenvalue weighted by molar-refractivity contribution is -0.128. The van der Waals surface area contributed by atoms with Crippen molar-refractivity contribution in [3.8, 4) is 5.75 Å². The summed E-state index contributed by atoms with van der Waals surface area (Å²) in [5, 5.41) is 0. The molecule has 0 aromatic heterocycles. The van der Waals surface area contributed by atoms with Crippen LogP contribution in [-0.2, 0) is 22.4 Å². The number of cyclic esters (lactones) is 1. The molecule has 1 saturated heterocycles. The number of benzene rings is 2. The van der Waals surface area contributed by atoms with E-state index in [1.807, 2.05) is 48.5 Å². The number of rotatable bonds is 5. The first-order chi connectivity index (χ1) is 11.7. The van der Waals surface area contributed by atoms with Crippen molar-refractivity contribution < 1.29 is 19.1 Å². The van der Waals surface area contributed by atoms with E-state index >= 15 is 0 Å². The van der Waals surface area contributed by atoms with E-state index in [1.165, 1.54) is 4.90 Å². The number of imide groups is 1. The van der Waals surface area contributed by atoms with Gasteiger partial charge in [0.15, 0.2) is 0 Å². The number of amides is 2. The number of hydrogen-bond acceptors (Lipinski definition) is 4. The van der Waals surface area contributed by atoms with E-state index < -0.39 is 6.09 Å². The SMILES string of the molecule is COc1ccccc1CC(=O)N1C(=O)OC[C@@H]1Cc1ccccc1. The van der Waals surface area contributed by atoms with E-state index in [-0.39, 0.29) is 25.0 Å². The highest BCUT2D eigenvalue weighted by molar-refractivity contribution is 5.94. The van der Waals surface area contributed by atoms with Gasteiger partial charge in [0.05, 0.1) is 19.6 Å². The number of para-hydroxylation sites is 1. The molecule has 1 heterocycles. The number of carbonyl (C=O) groups excluding carboxylic acids is 2. The fraction of sp³-hybridized carbons (Fsp3) is 0.263. The Kier molecular flexibility index (Phi) is 4.79. The van der Waals surface area contributed by atoms with E-state index in [2.05, 4.69) is 0 Å². The maximum absolute atomic E-state index is 12.7. The van der Waals surface area contributed by atoms with Gasteiger partial charge >= 0.3 is 6.09 Å². The van der Waals surface area contributed by atoms with Crippen LogP contribution in [0.5, 0.6) is 5.75 Å².